The molecule has 0 spiro atoms. The second kappa shape index (κ2) is 10.1. The summed E-state index contributed by atoms with van der Waals surface area (Å²) in [6.07, 6.45) is 2.50. The molecule has 0 saturated heterocycles. The maximum atomic E-state index is 13.8. The van der Waals surface area contributed by atoms with Crippen LogP contribution >= 0.6 is 0 Å². The van der Waals surface area contributed by atoms with E-state index in [0.29, 0.717) is 37.4 Å². The van der Waals surface area contributed by atoms with Crippen molar-refractivity contribution in [2.24, 2.45) is 0 Å². The summed E-state index contributed by atoms with van der Waals surface area (Å²) >= 11 is 0. The zero-order valence-electron chi connectivity index (χ0n) is 20.6. The van der Waals surface area contributed by atoms with E-state index in [1.807, 2.05) is 17.0 Å². The Kier molecular flexibility index (Phi) is 6.73. The lowest BCUT2D eigenvalue weighted by molar-refractivity contribution is 0.0728. The molecule has 5 rings (SSSR count). The Labute approximate surface area is 206 Å². The van der Waals surface area contributed by atoms with Crippen LogP contribution in [0.5, 0.6) is 5.75 Å². The summed E-state index contributed by atoms with van der Waals surface area (Å²) in [4.78, 5) is 31.1. The number of benzene rings is 2. The molecule has 0 bridgehead atoms. The highest BCUT2D eigenvalue weighted by molar-refractivity contribution is 5.98. The SMILES string of the molecule is CCc1ccc(CN2CCc3c(C(=O)N4CCc5ccccc5C4)c(OC)cc(=O)n3CC2)cc1. The fraction of sp³-hybridized carbons (Fsp3) is 0.379. The van der Waals surface area contributed by atoms with Crippen molar-refractivity contribution in [3.63, 3.8) is 0 Å². The van der Waals surface area contributed by atoms with Crippen LogP contribution in [0, 0.1) is 0 Å². The Bertz CT molecular complexity index is 1280. The van der Waals surface area contributed by atoms with Crippen molar-refractivity contribution in [2.75, 3.05) is 26.7 Å². The molecule has 2 aliphatic rings. The third kappa shape index (κ3) is 4.76. The summed E-state index contributed by atoms with van der Waals surface area (Å²) in [6, 6.07) is 18.5. The lowest BCUT2D eigenvalue weighted by Crippen LogP contribution is -2.38. The molecule has 0 aliphatic carbocycles. The molecule has 2 aliphatic heterocycles. The van der Waals surface area contributed by atoms with Gasteiger partial charge in [-0.25, -0.2) is 0 Å². The van der Waals surface area contributed by atoms with Crippen molar-refractivity contribution in [1.29, 1.82) is 0 Å². The highest BCUT2D eigenvalue weighted by Crippen LogP contribution is 2.27. The fourth-order valence-electron chi connectivity index (χ4n) is 5.31. The lowest BCUT2D eigenvalue weighted by Gasteiger charge is -2.30. The fourth-order valence-corrected chi connectivity index (χ4v) is 5.31. The molecule has 35 heavy (non-hydrogen) atoms. The number of fused-ring (bicyclic) bond motifs is 2. The number of amides is 1. The first-order valence-electron chi connectivity index (χ1n) is 12.5. The van der Waals surface area contributed by atoms with E-state index in [-0.39, 0.29) is 11.5 Å². The molecule has 1 amide bonds. The number of methoxy groups -OCH3 is 1. The van der Waals surface area contributed by atoms with Crippen LogP contribution in [0.1, 0.15) is 45.2 Å². The summed E-state index contributed by atoms with van der Waals surface area (Å²) in [6.45, 7) is 6.34. The van der Waals surface area contributed by atoms with Gasteiger partial charge in [0.15, 0.2) is 0 Å². The Morgan fingerprint density at radius 3 is 2.40 bits per heavy atom. The van der Waals surface area contributed by atoms with Gasteiger partial charge in [0.25, 0.3) is 11.5 Å². The summed E-state index contributed by atoms with van der Waals surface area (Å²) in [5.74, 6) is 0.331. The zero-order chi connectivity index (χ0) is 24.4. The minimum atomic E-state index is -0.105. The second-order valence-electron chi connectivity index (χ2n) is 9.47. The van der Waals surface area contributed by atoms with Crippen LogP contribution in [-0.4, -0.2) is 47.0 Å². The largest absolute Gasteiger partial charge is 0.496 e. The van der Waals surface area contributed by atoms with Crippen molar-refractivity contribution < 1.29 is 9.53 Å². The number of aryl methyl sites for hydroxylation is 1. The summed E-state index contributed by atoms with van der Waals surface area (Å²) in [5.41, 5.74) is 6.31. The van der Waals surface area contributed by atoms with Crippen LogP contribution < -0.4 is 10.3 Å². The topological polar surface area (TPSA) is 54.8 Å². The van der Waals surface area contributed by atoms with Crippen molar-refractivity contribution in [3.05, 3.63) is 98.5 Å². The van der Waals surface area contributed by atoms with Gasteiger partial charge < -0.3 is 14.2 Å². The maximum absolute atomic E-state index is 13.8. The van der Waals surface area contributed by atoms with Gasteiger partial charge in [0.05, 0.1) is 7.11 Å². The molecular formula is C29H33N3O3. The van der Waals surface area contributed by atoms with Crippen LogP contribution in [-0.2, 0) is 38.9 Å². The Balaban J connectivity index is 1.41. The average Bonchev–Trinajstić information content (AvgIpc) is 3.11. The predicted octanol–water partition coefficient (Wildman–Crippen LogP) is 3.68. The number of carbonyl (C=O) groups excluding carboxylic acids is 1. The molecule has 1 aromatic heterocycles. The van der Waals surface area contributed by atoms with E-state index in [4.69, 9.17) is 4.74 Å². The number of aromatic nitrogens is 1. The van der Waals surface area contributed by atoms with Crippen LogP contribution in [0.2, 0.25) is 0 Å². The quantitative estimate of drug-likeness (QED) is 0.570. The molecule has 0 unspecified atom stereocenters. The smallest absolute Gasteiger partial charge is 0.259 e. The number of rotatable bonds is 5. The molecule has 3 aromatic rings. The number of pyridine rings is 1. The molecule has 0 atom stereocenters. The van der Waals surface area contributed by atoms with Crippen molar-refractivity contribution >= 4 is 5.91 Å². The Morgan fingerprint density at radius 2 is 1.66 bits per heavy atom. The molecule has 182 valence electrons. The van der Waals surface area contributed by atoms with Crippen molar-refractivity contribution in [3.8, 4) is 5.75 Å². The molecule has 3 heterocycles. The number of ether oxygens (including phenoxy) is 1. The van der Waals surface area contributed by atoms with E-state index >= 15 is 0 Å². The number of carbonyl (C=O) groups is 1. The zero-order valence-corrected chi connectivity index (χ0v) is 20.6. The van der Waals surface area contributed by atoms with E-state index in [9.17, 15) is 9.59 Å². The van der Waals surface area contributed by atoms with Gasteiger partial charge >= 0.3 is 0 Å². The van der Waals surface area contributed by atoms with Gasteiger partial charge in [0.2, 0.25) is 0 Å². The summed E-state index contributed by atoms with van der Waals surface area (Å²) < 4.78 is 7.37. The van der Waals surface area contributed by atoms with Crippen molar-refractivity contribution in [2.45, 2.75) is 45.8 Å². The third-order valence-electron chi connectivity index (χ3n) is 7.38. The Hall–Kier alpha value is -3.38. The first kappa shape index (κ1) is 23.4. The highest BCUT2D eigenvalue weighted by Gasteiger charge is 2.30. The van der Waals surface area contributed by atoms with E-state index in [1.54, 1.807) is 4.57 Å². The molecule has 0 saturated carbocycles. The standard InChI is InChI=1S/C29H33N3O3/c1-3-21-8-10-22(11-9-21)19-30-14-13-25-28(26(35-2)18-27(33)32(25)17-16-30)29(34)31-15-12-23-6-4-5-7-24(23)20-31/h4-11,18H,3,12-17,19-20H2,1-2H3. The van der Waals surface area contributed by atoms with E-state index in [0.717, 1.165) is 38.2 Å². The van der Waals surface area contributed by atoms with Gasteiger partial charge in [-0.15, -0.1) is 0 Å². The van der Waals surface area contributed by atoms with Crippen molar-refractivity contribution in [1.82, 2.24) is 14.4 Å². The van der Waals surface area contributed by atoms with E-state index in [2.05, 4.69) is 48.2 Å². The number of hydrogen-bond acceptors (Lipinski definition) is 4. The van der Waals surface area contributed by atoms with Gasteiger partial charge in [-0.05, 0) is 35.1 Å². The van der Waals surface area contributed by atoms with Crippen LogP contribution in [0.4, 0.5) is 0 Å². The van der Waals surface area contributed by atoms with Gasteiger partial charge in [-0.3, -0.25) is 14.5 Å². The van der Waals surface area contributed by atoms with Gasteiger partial charge in [0, 0.05) is 57.4 Å². The van der Waals surface area contributed by atoms with Gasteiger partial charge in [-0.2, -0.15) is 0 Å². The molecule has 6 nitrogen and oxygen atoms in total. The van der Waals surface area contributed by atoms with E-state index < -0.39 is 0 Å². The maximum Gasteiger partial charge on any atom is 0.259 e. The molecular weight excluding hydrogens is 438 g/mol. The van der Waals surface area contributed by atoms with Crippen LogP contribution in [0.3, 0.4) is 0 Å². The second-order valence-corrected chi connectivity index (χ2v) is 9.47. The summed E-state index contributed by atoms with van der Waals surface area (Å²) in [7, 11) is 1.54. The summed E-state index contributed by atoms with van der Waals surface area (Å²) in [5, 5.41) is 0. The van der Waals surface area contributed by atoms with Crippen LogP contribution in [0.15, 0.2) is 59.4 Å². The number of nitrogens with zero attached hydrogens (tertiary/aromatic N) is 3. The highest BCUT2D eigenvalue weighted by atomic mass is 16.5. The lowest BCUT2D eigenvalue weighted by atomic mass is 9.98. The monoisotopic (exact) mass is 471 g/mol. The number of hydrogen-bond donors (Lipinski definition) is 0. The van der Waals surface area contributed by atoms with Crippen LogP contribution in [0.25, 0.3) is 0 Å². The normalized spacial score (nSPS) is 15.8. The molecule has 0 N–H and O–H groups in total. The minimum Gasteiger partial charge on any atom is -0.496 e. The first-order chi connectivity index (χ1) is 17.1. The third-order valence-corrected chi connectivity index (χ3v) is 7.38. The van der Waals surface area contributed by atoms with Gasteiger partial charge in [-0.1, -0.05) is 55.5 Å². The minimum absolute atomic E-state index is 0.0521. The average molecular weight is 472 g/mol. The predicted molar refractivity (Wildman–Crippen MR) is 137 cm³/mol. The molecule has 0 radical (unpaired) electrons. The first-order valence-corrected chi connectivity index (χ1v) is 12.5. The molecule has 6 heteroatoms. The Morgan fingerprint density at radius 1 is 0.914 bits per heavy atom. The molecule has 0 fully saturated rings. The molecule has 2 aromatic carbocycles. The van der Waals surface area contributed by atoms with Gasteiger partial charge in [0.1, 0.15) is 11.3 Å². The van der Waals surface area contributed by atoms with E-state index in [1.165, 1.54) is 35.4 Å².